The number of rotatable bonds is 2. The van der Waals surface area contributed by atoms with Crippen LogP contribution in [0.1, 0.15) is 61.8 Å². The fraction of sp³-hybridized carbons (Fsp3) is 0.579. The van der Waals surface area contributed by atoms with Crippen LogP contribution in [0, 0.1) is 11.8 Å². The molecule has 0 N–H and O–H groups in total. The second kappa shape index (κ2) is 4.81. The van der Waals surface area contributed by atoms with E-state index in [-0.39, 0.29) is 0 Å². The summed E-state index contributed by atoms with van der Waals surface area (Å²) in [5, 5.41) is 0. The van der Waals surface area contributed by atoms with Crippen LogP contribution < -0.4 is 0 Å². The largest absolute Gasteiger partial charge is 0.0632 e. The van der Waals surface area contributed by atoms with Gasteiger partial charge in [-0.05, 0) is 82.1 Å². The van der Waals surface area contributed by atoms with Crippen molar-refractivity contribution in [2.75, 3.05) is 0 Å². The van der Waals surface area contributed by atoms with E-state index in [0.717, 1.165) is 6.42 Å². The molecule has 0 heterocycles. The van der Waals surface area contributed by atoms with E-state index >= 15 is 0 Å². The maximum Gasteiger partial charge on any atom is -0.000923 e. The van der Waals surface area contributed by atoms with Crippen LogP contribution in [0.4, 0.5) is 0 Å². The minimum absolute atomic E-state index is 0.629. The molecule has 104 valence electrons. The van der Waals surface area contributed by atoms with Gasteiger partial charge in [-0.3, -0.25) is 0 Å². The Hall–Kier alpha value is -1.04. The average molecular weight is 256 g/mol. The van der Waals surface area contributed by atoms with E-state index in [1.807, 2.05) is 0 Å². The highest BCUT2D eigenvalue weighted by atomic mass is 14.3. The van der Waals surface area contributed by atoms with Crippen molar-refractivity contribution >= 4 is 0 Å². The molecule has 0 fully saturated rings. The monoisotopic (exact) mass is 256 g/mol. The van der Waals surface area contributed by atoms with E-state index in [9.17, 15) is 0 Å². The number of allylic oxidation sites excluding steroid dienone is 8. The molecule has 0 aliphatic heterocycles. The highest BCUT2D eigenvalue weighted by Gasteiger charge is 2.28. The molecule has 0 aromatic carbocycles. The van der Waals surface area contributed by atoms with Gasteiger partial charge >= 0.3 is 0 Å². The Bertz CT molecular complexity index is 547. The molecule has 19 heavy (non-hydrogen) atoms. The third-order valence-electron chi connectivity index (χ3n) is 5.99. The van der Waals surface area contributed by atoms with Crippen molar-refractivity contribution in [1.82, 2.24) is 0 Å². The van der Waals surface area contributed by atoms with E-state index < -0.39 is 0 Å². The number of hydrogen-bond acceptors (Lipinski definition) is 0. The first-order chi connectivity index (χ1) is 8.77. The van der Waals surface area contributed by atoms with Crippen LogP contribution in [-0.4, -0.2) is 0 Å². The summed E-state index contributed by atoms with van der Waals surface area (Å²) in [6, 6.07) is 0. The second-order valence-corrected chi connectivity index (χ2v) is 6.55. The van der Waals surface area contributed by atoms with Gasteiger partial charge in [0.25, 0.3) is 0 Å². The van der Waals surface area contributed by atoms with Gasteiger partial charge in [-0.2, -0.15) is 0 Å². The topological polar surface area (TPSA) is 0 Å². The van der Waals surface area contributed by atoms with Crippen LogP contribution >= 0.6 is 0 Å². The molecule has 0 saturated heterocycles. The summed E-state index contributed by atoms with van der Waals surface area (Å²) in [5.41, 5.74) is 12.6. The van der Waals surface area contributed by atoms with Gasteiger partial charge in [-0.25, -0.2) is 0 Å². The molecule has 2 aliphatic carbocycles. The van der Waals surface area contributed by atoms with Crippen molar-refractivity contribution < 1.29 is 0 Å². The third kappa shape index (κ3) is 2.06. The van der Waals surface area contributed by atoms with E-state index in [4.69, 9.17) is 0 Å². The summed E-state index contributed by atoms with van der Waals surface area (Å²) in [6.07, 6.45) is 1.15. The first-order valence-corrected chi connectivity index (χ1v) is 7.52. The van der Waals surface area contributed by atoms with E-state index in [1.165, 1.54) is 11.1 Å². The Kier molecular flexibility index (Phi) is 3.64. The molecule has 0 bridgehead atoms. The van der Waals surface area contributed by atoms with Crippen molar-refractivity contribution in [3.05, 3.63) is 44.6 Å². The maximum absolute atomic E-state index is 2.37. The third-order valence-corrected chi connectivity index (χ3v) is 5.99. The van der Waals surface area contributed by atoms with Crippen LogP contribution in [0.25, 0.3) is 0 Å². The van der Waals surface area contributed by atoms with Crippen molar-refractivity contribution in [3.63, 3.8) is 0 Å². The van der Waals surface area contributed by atoms with Crippen molar-refractivity contribution in [1.29, 1.82) is 0 Å². The zero-order valence-electron chi connectivity index (χ0n) is 13.9. The van der Waals surface area contributed by atoms with Crippen LogP contribution in [0.15, 0.2) is 44.6 Å². The van der Waals surface area contributed by atoms with Gasteiger partial charge in [0.2, 0.25) is 0 Å². The maximum atomic E-state index is 2.37. The highest BCUT2D eigenvalue weighted by Crippen LogP contribution is 2.45. The van der Waals surface area contributed by atoms with Gasteiger partial charge in [0.05, 0.1) is 0 Å². The Morgan fingerprint density at radius 1 is 0.632 bits per heavy atom. The molecular weight excluding hydrogens is 228 g/mol. The lowest BCUT2D eigenvalue weighted by atomic mass is 9.89. The quantitative estimate of drug-likeness (QED) is 0.570. The van der Waals surface area contributed by atoms with Crippen molar-refractivity contribution in [2.24, 2.45) is 11.8 Å². The first-order valence-electron chi connectivity index (χ1n) is 7.52. The molecule has 0 aromatic rings. The van der Waals surface area contributed by atoms with Gasteiger partial charge in [-0.15, -0.1) is 0 Å². The fourth-order valence-corrected chi connectivity index (χ4v) is 3.64. The van der Waals surface area contributed by atoms with Gasteiger partial charge in [0, 0.05) is 0 Å². The Morgan fingerprint density at radius 2 is 1.16 bits per heavy atom. The lowest BCUT2D eigenvalue weighted by molar-refractivity contribution is 0.774. The SMILES string of the molecule is CC1=C(C)C(C)C(C)=C1CC1=C(C)C(C)=C(C)C1C. The Labute approximate surface area is 119 Å². The van der Waals surface area contributed by atoms with Gasteiger partial charge < -0.3 is 0 Å². The van der Waals surface area contributed by atoms with Crippen LogP contribution in [0.3, 0.4) is 0 Å². The minimum Gasteiger partial charge on any atom is -0.0632 e. The molecule has 0 spiro atoms. The van der Waals surface area contributed by atoms with Gasteiger partial charge in [0.15, 0.2) is 0 Å². The summed E-state index contributed by atoms with van der Waals surface area (Å²) in [6.45, 7) is 18.5. The molecule has 2 atom stereocenters. The molecule has 0 aromatic heterocycles. The summed E-state index contributed by atoms with van der Waals surface area (Å²) in [7, 11) is 0. The lowest BCUT2D eigenvalue weighted by Crippen LogP contribution is -2.00. The molecule has 0 saturated carbocycles. The Morgan fingerprint density at radius 3 is 1.53 bits per heavy atom. The minimum atomic E-state index is 0.629. The van der Waals surface area contributed by atoms with Gasteiger partial charge in [-0.1, -0.05) is 36.1 Å². The summed E-state index contributed by atoms with van der Waals surface area (Å²) in [5.74, 6) is 1.27. The molecule has 2 aliphatic rings. The van der Waals surface area contributed by atoms with Crippen LogP contribution in [-0.2, 0) is 0 Å². The van der Waals surface area contributed by atoms with E-state index in [0.29, 0.717) is 11.8 Å². The zero-order valence-corrected chi connectivity index (χ0v) is 13.9. The molecule has 0 amide bonds. The number of hydrogen-bond donors (Lipinski definition) is 0. The molecule has 0 radical (unpaired) electrons. The van der Waals surface area contributed by atoms with E-state index in [1.54, 1.807) is 33.4 Å². The average Bonchev–Trinajstić information content (AvgIpc) is 2.68. The predicted octanol–water partition coefficient (Wildman–Crippen LogP) is 5.98. The molecule has 0 nitrogen and oxygen atoms in total. The molecule has 0 heteroatoms. The van der Waals surface area contributed by atoms with Crippen LogP contribution in [0.2, 0.25) is 0 Å². The standard InChI is InChI=1S/C19H28/c1-10-11(2)15(6)18(14(10)5)9-19-16(7)12(3)13(4)17(19)8/h10,16H,9H2,1-8H3. The smallest absolute Gasteiger partial charge is 0.000923 e. The lowest BCUT2D eigenvalue weighted by Gasteiger charge is -2.16. The highest BCUT2D eigenvalue weighted by molar-refractivity contribution is 5.53. The molecule has 2 rings (SSSR count). The first kappa shape index (κ1) is 14.4. The predicted molar refractivity (Wildman–Crippen MR) is 85.1 cm³/mol. The van der Waals surface area contributed by atoms with Gasteiger partial charge in [0.1, 0.15) is 0 Å². The summed E-state index contributed by atoms with van der Waals surface area (Å²) >= 11 is 0. The second-order valence-electron chi connectivity index (χ2n) is 6.55. The zero-order chi connectivity index (χ0) is 14.5. The van der Waals surface area contributed by atoms with E-state index in [2.05, 4.69) is 55.4 Å². The summed E-state index contributed by atoms with van der Waals surface area (Å²) in [4.78, 5) is 0. The van der Waals surface area contributed by atoms with Crippen LogP contribution in [0.5, 0.6) is 0 Å². The Balaban J connectivity index is 2.35. The molecular formula is C19H28. The summed E-state index contributed by atoms with van der Waals surface area (Å²) < 4.78 is 0. The van der Waals surface area contributed by atoms with Crippen molar-refractivity contribution in [2.45, 2.75) is 61.8 Å². The normalized spacial score (nSPS) is 28.4. The fourth-order valence-electron chi connectivity index (χ4n) is 3.64. The van der Waals surface area contributed by atoms with Crippen molar-refractivity contribution in [3.8, 4) is 0 Å². The molecule has 2 unspecified atom stereocenters.